The topological polar surface area (TPSA) is 84.5 Å². The second kappa shape index (κ2) is 11.4. The largest absolute Gasteiger partial charge is 0.456 e. The van der Waals surface area contributed by atoms with E-state index in [0.29, 0.717) is 12.1 Å². The van der Waals surface area contributed by atoms with Gasteiger partial charge in [0.1, 0.15) is 0 Å². The molecule has 144 valence electrons. The second-order valence-corrected chi connectivity index (χ2v) is 7.64. The third kappa shape index (κ3) is 8.27. The molecule has 0 saturated heterocycles. The Hall–Kier alpha value is -2.32. The van der Waals surface area contributed by atoms with Crippen LogP contribution in [0.2, 0.25) is 0 Å². The van der Waals surface area contributed by atoms with Crippen molar-refractivity contribution in [1.29, 1.82) is 0 Å². The van der Waals surface area contributed by atoms with E-state index in [4.69, 9.17) is 4.74 Å². The van der Waals surface area contributed by atoms with E-state index >= 15 is 0 Å². The number of hydrogen-bond acceptors (Lipinski definition) is 6. The molecule has 1 aromatic carbocycles. The zero-order chi connectivity index (χ0) is 19.5. The predicted octanol–water partition coefficient (Wildman–Crippen LogP) is 2.63. The summed E-state index contributed by atoms with van der Waals surface area (Å²) in [4.78, 5) is 36.1. The van der Waals surface area contributed by atoms with E-state index in [9.17, 15) is 14.4 Å². The summed E-state index contributed by atoms with van der Waals surface area (Å²) in [7, 11) is 0. The van der Waals surface area contributed by atoms with Crippen molar-refractivity contribution in [3.05, 3.63) is 52.2 Å². The van der Waals surface area contributed by atoms with Gasteiger partial charge in [-0.15, -0.1) is 11.8 Å². The predicted molar refractivity (Wildman–Crippen MR) is 107 cm³/mol. The van der Waals surface area contributed by atoms with Crippen molar-refractivity contribution in [2.75, 3.05) is 25.4 Å². The minimum atomic E-state index is -0.523. The van der Waals surface area contributed by atoms with E-state index in [1.54, 1.807) is 28.6 Å². The van der Waals surface area contributed by atoms with Crippen molar-refractivity contribution >= 4 is 40.9 Å². The molecule has 0 bridgehead atoms. The van der Waals surface area contributed by atoms with Crippen LogP contribution in [0.1, 0.15) is 22.3 Å². The molecule has 8 heteroatoms. The first-order valence-corrected chi connectivity index (χ1v) is 10.4. The quantitative estimate of drug-likeness (QED) is 0.360. The summed E-state index contributed by atoms with van der Waals surface area (Å²) < 4.78 is 4.90. The van der Waals surface area contributed by atoms with Gasteiger partial charge in [-0.1, -0.05) is 17.7 Å². The number of esters is 1. The summed E-state index contributed by atoms with van der Waals surface area (Å²) in [5.74, 6) is -0.356. The van der Waals surface area contributed by atoms with E-state index < -0.39 is 5.97 Å². The number of thiophene rings is 1. The van der Waals surface area contributed by atoms with Gasteiger partial charge < -0.3 is 15.4 Å². The lowest BCUT2D eigenvalue weighted by molar-refractivity contribution is -0.148. The molecule has 0 aliphatic heterocycles. The van der Waals surface area contributed by atoms with Gasteiger partial charge in [0.15, 0.2) is 6.61 Å². The van der Waals surface area contributed by atoms with Gasteiger partial charge in [-0.2, -0.15) is 11.3 Å². The molecule has 2 rings (SSSR count). The first-order chi connectivity index (χ1) is 13.0. The molecule has 0 unspecified atom stereocenters. The highest BCUT2D eigenvalue weighted by atomic mass is 32.2. The SMILES string of the molecule is Cc1ccc(SCCNC(=O)COC(=O)CCNC(=O)c2ccsc2)cc1. The van der Waals surface area contributed by atoms with E-state index in [-0.39, 0.29) is 31.4 Å². The van der Waals surface area contributed by atoms with Crippen molar-refractivity contribution in [2.24, 2.45) is 0 Å². The summed E-state index contributed by atoms with van der Waals surface area (Å²) in [6, 6.07) is 9.88. The van der Waals surface area contributed by atoms with E-state index in [0.717, 1.165) is 10.6 Å². The zero-order valence-electron chi connectivity index (χ0n) is 15.0. The molecule has 0 atom stereocenters. The Kier molecular flexibility index (Phi) is 8.86. The highest BCUT2D eigenvalue weighted by Gasteiger charge is 2.09. The highest BCUT2D eigenvalue weighted by Crippen LogP contribution is 2.17. The summed E-state index contributed by atoms with van der Waals surface area (Å²) in [5, 5.41) is 8.87. The van der Waals surface area contributed by atoms with Crippen molar-refractivity contribution in [2.45, 2.75) is 18.2 Å². The van der Waals surface area contributed by atoms with Gasteiger partial charge in [0, 0.05) is 34.7 Å². The van der Waals surface area contributed by atoms with Gasteiger partial charge >= 0.3 is 5.97 Å². The van der Waals surface area contributed by atoms with Crippen LogP contribution in [0.5, 0.6) is 0 Å². The monoisotopic (exact) mass is 406 g/mol. The highest BCUT2D eigenvalue weighted by molar-refractivity contribution is 7.99. The van der Waals surface area contributed by atoms with Crippen LogP contribution in [0, 0.1) is 6.92 Å². The number of benzene rings is 1. The number of carbonyl (C=O) groups is 3. The van der Waals surface area contributed by atoms with Gasteiger partial charge in [-0.25, -0.2) is 0 Å². The van der Waals surface area contributed by atoms with Crippen LogP contribution in [0.3, 0.4) is 0 Å². The number of ether oxygens (including phenoxy) is 1. The fourth-order valence-electron chi connectivity index (χ4n) is 2.04. The third-order valence-corrected chi connectivity index (χ3v) is 5.17. The fraction of sp³-hybridized carbons (Fsp3) is 0.316. The van der Waals surface area contributed by atoms with E-state index in [1.165, 1.54) is 16.9 Å². The summed E-state index contributed by atoms with van der Waals surface area (Å²) >= 11 is 3.07. The Balaban J connectivity index is 1.51. The maximum atomic E-state index is 11.7. The molecule has 2 aromatic rings. The van der Waals surface area contributed by atoms with Crippen LogP contribution < -0.4 is 10.6 Å². The van der Waals surface area contributed by atoms with Crippen LogP contribution in [0.4, 0.5) is 0 Å². The molecule has 0 aliphatic carbocycles. The number of nitrogens with one attached hydrogen (secondary N) is 2. The van der Waals surface area contributed by atoms with Gasteiger partial charge in [-0.05, 0) is 30.5 Å². The number of amides is 2. The molecule has 1 aromatic heterocycles. The first-order valence-electron chi connectivity index (χ1n) is 8.47. The Labute approximate surface area is 166 Å². The second-order valence-electron chi connectivity index (χ2n) is 5.69. The normalized spacial score (nSPS) is 10.3. The lowest BCUT2D eigenvalue weighted by Gasteiger charge is -2.07. The molecule has 0 fully saturated rings. The molecule has 0 radical (unpaired) electrons. The van der Waals surface area contributed by atoms with Crippen LogP contribution in [-0.4, -0.2) is 43.2 Å². The Bertz CT molecular complexity index is 746. The molecule has 0 spiro atoms. The Morgan fingerprint density at radius 3 is 2.56 bits per heavy atom. The van der Waals surface area contributed by atoms with Crippen LogP contribution in [-0.2, 0) is 14.3 Å². The number of hydrogen-bond donors (Lipinski definition) is 2. The molecule has 6 nitrogen and oxygen atoms in total. The number of thioether (sulfide) groups is 1. The summed E-state index contributed by atoms with van der Waals surface area (Å²) in [5.41, 5.74) is 1.77. The Morgan fingerprint density at radius 1 is 1.07 bits per heavy atom. The third-order valence-electron chi connectivity index (χ3n) is 3.48. The lowest BCUT2D eigenvalue weighted by atomic mass is 10.2. The minimum absolute atomic E-state index is 0.0203. The zero-order valence-corrected chi connectivity index (χ0v) is 16.7. The fourth-order valence-corrected chi connectivity index (χ4v) is 3.44. The standard InChI is InChI=1S/C19H22N2O4S2/c1-14-2-4-16(5-3-14)27-11-9-20-17(22)12-25-18(23)6-8-21-19(24)15-7-10-26-13-15/h2-5,7,10,13H,6,8-9,11-12H2,1H3,(H,20,22)(H,21,24). The first kappa shape index (κ1) is 21.0. The number of aryl methyl sites for hydroxylation is 1. The van der Waals surface area contributed by atoms with Gasteiger partial charge in [0.25, 0.3) is 11.8 Å². The van der Waals surface area contributed by atoms with Crippen molar-refractivity contribution in [3.63, 3.8) is 0 Å². The maximum Gasteiger partial charge on any atom is 0.308 e. The molecule has 0 saturated carbocycles. The molecule has 27 heavy (non-hydrogen) atoms. The van der Waals surface area contributed by atoms with Gasteiger partial charge in [0.05, 0.1) is 6.42 Å². The summed E-state index contributed by atoms with van der Waals surface area (Å²) in [6.07, 6.45) is 0.0203. The molecule has 1 heterocycles. The molecular weight excluding hydrogens is 384 g/mol. The maximum absolute atomic E-state index is 11.7. The van der Waals surface area contributed by atoms with Gasteiger partial charge in [-0.3, -0.25) is 14.4 Å². The molecule has 0 aliphatic rings. The van der Waals surface area contributed by atoms with Crippen molar-refractivity contribution < 1.29 is 19.1 Å². The van der Waals surface area contributed by atoms with Crippen molar-refractivity contribution in [1.82, 2.24) is 10.6 Å². The van der Waals surface area contributed by atoms with Crippen LogP contribution in [0.15, 0.2) is 46.0 Å². The smallest absolute Gasteiger partial charge is 0.308 e. The minimum Gasteiger partial charge on any atom is -0.456 e. The van der Waals surface area contributed by atoms with Crippen LogP contribution >= 0.6 is 23.1 Å². The van der Waals surface area contributed by atoms with E-state index in [2.05, 4.69) is 10.6 Å². The molecule has 2 amide bonds. The summed E-state index contributed by atoms with van der Waals surface area (Å²) in [6.45, 7) is 2.38. The molecular formula is C19H22N2O4S2. The molecule has 2 N–H and O–H groups in total. The lowest BCUT2D eigenvalue weighted by Crippen LogP contribution is -2.31. The number of carbonyl (C=O) groups excluding carboxylic acids is 3. The average molecular weight is 407 g/mol. The van der Waals surface area contributed by atoms with Gasteiger partial charge in [0.2, 0.25) is 0 Å². The average Bonchev–Trinajstić information content (AvgIpc) is 3.20. The number of rotatable bonds is 10. The van der Waals surface area contributed by atoms with Crippen molar-refractivity contribution in [3.8, 4) is 0 Å². The Morgan fingerprint density at radius 2 is 1.85 bits per heavy atom. The van der Waals surface area contributed by atoms with Crippen LogP contribution in [0.25, 0.3) is 0 Å². The van der Waals surface area contributed by atoms with E-state index in [1.807, 2.05) is 31.2 Å².